The van der Waals surface area contributed by atoms with E-state index in [9.17, 15) is 4.79 Å². The van der Waals surface area contributed by atoms with Gasteiger partial charge >= 0.3 is 0 Å². The second-order valence-electron chi connectivity index (χ2n) is 5.32. The smallest absolute Gasteiger partial charge is 0.265 e. The Morgan fingerprint density at radius 3 is 2.81 bits per heavy atom. The van der Waals surface area contributed by atoms with Crippen LogP contribution in [0, 0.1) is 12.8 Å². The summed E-state index contributed by atoms with van der Waals surface area (Å²) in [4.78, 5) is 16.6. The molecule has 3 N–H and O–H groups in total. The second-order valence-corrected chi connectivity index (χ2v) is 5.73. The van der Waals surface area contributed by atoms with Crippen molar-refractivity contribution in [2.75, 3.05) is 11.9 Å². The second kappa shape index (κ2) is 8.52. The van der Waals surface area contributed by atoms with Crippen molar-refractivity contribution in [1.82, 2.24) is 0 Å². The number of rotatable bonds is 7. The van der Waals surface area contributed by atoms with E-state index < -0.39 is 0 Å². The van der Waals surface area contributed by atoms with Gasteiger partial charge in [0.15, 0.2) is 6.61 Å². The van der Waals surface area contributed by atoms with Gasteiger partial charge in [0.05, 0.1) is 10.7 Å². The number of nitrogens with zero attached hydrogens (tertiary/aromatic N) is 1. The van der Waals surface area contributed by atoms with Crippen molar-refractivity contribution in [2.45, 2.75) is 33.6 Å². The third kappa shape index (κ3) is 6.99. The predicted octanol–water partition coefficient (Wildman–Crippen LogP) is 3.31. The molecule has 1 aromatic rings. The number of benzene rings is 1. The fourth-order valence-electron chi connectivity index (χ4n) is 1.56. The van der Waals surface area contributed by atoms with Gasteiger partial charge in [-0.15, -0.1) is 0 Å². The SMILES string of the molecule is Cc1ccc(NC(=O)CO/N=C(\N)CCC(C)C)c(Cl)c1. The van der Waals surface area contributed by atoms with Gasteiger partial charge in [-0.3, -0.25) is 4.79 Å². The Labute approximate surface area is 130 Å². The highest BCUT2D eigenvalue weighted by Gasteiger charge is 2.06. The normalized spacial score (nSPS) is 11.6. The summed E-state index contributed by atoms with van der Waals surface area (Å²) < 4.78 is 0. The predicted molar refractivity (Wildman–Crippen MR) is 86.5 cm³/mol. The summed E-state index contributed by atoms with van der Waals surface area (Å²) >= 11 is 6.03. The number of hydrogen-bond donors (Lipinski definition) is 2. The molecule has 0 aliphatic carbocycles. The van der Waals surface area contributed by atoms with E-state index in [0.29, 0.717) is 28.9 Å². The molecule has 1 rings (SSSR count). The van der Waals surface area contributed by atoms with Crippen molar-refractivity contribution >= 4 is 29.0 Å². The van der Waals surface area contributed by atoms with Crippen molar-refractivity contribution in [1.29, 1.82) is 0 Å². The van der Waals surface area contributed by atoms with Crippen LogP contribution in [0.5, 0.6) is 0 Å². The lowest BCUT2D eigenvalue weighted by atomic mass is 10.1. The zero-order valence-corrected chi connectivity index (χ0v) is 13.4. The van der Waals surface area contributed by atoms with Crippen LogP contribution >= 0.6 is 11.6 Å². The minimum atomic E-state index is -0.332. The molecule has 0 bridgehead atoms. The van der Waals surface area contributed by atoms with Crippen LogP contribution in [0.1, 0.15) is 32.3 Å². The standard InChI is InChI=1S/C15H22ClN3O2/c1-10(2)4-7-14(17)19-21-9-15(20)18-13-6-5-11(3)8-12(13)16/h5-6,8,10H,4,7,9H2,1-3H3,(H2,17,19)(H,18,20). The molecule has 0 unspecified atom stereocenters. The topological polar surface area (TPSA) is 76.7 Å². The maximum atomic E-state index is 11.7. The minimum Gasteiger partial charge on any atom is -0.384 e. The van der Waals surface area contributed by atoms with Gasteiger partial charge in [-0.2, -0.15) is 0 Å². The first-order valence-corrected chi connectivity index (χ1v) is 7.26. The van der Waals surface area contributed by atoms with Crippen LogP contribution in [-0.2, 0) is 9.63 Å². The van der Waals surface area contributed by atoms with Crippen molar-refractivity contribution in [3.05, 3.63) is 28.8 Å². The molecule has 0 fully saturated rings. The highest BCUT2D eigenvalue weighted by Crippen LogP contribution is 2.22. The molecule has 1 amide bonds. The highest BCUT2D eigenvalue weighted by molar-refractivity contribution is 6.33. The Bertz CT molecular complexity index is 516. The molecule has 1 aromatic carbocycles. The molecule has 0 spiro atoms. The summed E-state index contributed by atoms with van der Waals surface area (Å²) in [5.41, 5.74) is 7.25. The van der Waals surface area contributed by atoms with Crippen LogP contribution in [0.2, 0.25) is 5.02 Å². The molecule has 0 aliphatic heterocycles. The van der Waals surface area contributed by atoms with Gasteiger partial charge in [-0.25, -0.2) is 0 Å². The molecule has 0 saturated carbocycles. The molecule has 6 heteroatoms. The van der Waals surface area contributed by atoms with Gasteiger partial charge in [0.25, 0.3) is 5.91 Å². The number of hydrogen-bond acceptors (Lipinski definition) is 3. The molecule has 116 valence electrons. The van der Waals surface area contributed by atoms with Crippen molar-refractivity contribution in [3.8, 4) is 0 Å². The quantitative estimate of drug-likeness (QED) is 0.461. The summed E-state index contributed by atoms with van der Waals surface area (Å²) in [6, 6.07) is 5.39. The van der Waals surface area contributed by atoms with E-state index in [2.05, 4.69) is 24.3 Å². The Hall–Kier alpha value is -1.75. The van der Waals surface area contributed by atoms with Gasteiger partial charge in [0, 0.05) is 6.42 Å². The largest absolute Gasteiger partial charge is 0.384 e. The van der Waals surface area contributed by atoms with Gasteiger partial charge in [0.1, 0.15) is 5.84 Å². The number of oxime groups is 1. The van der Waals surface area contributed by atoms with E-state index in [4.69, 9.17) is 22.2 Å². The van der Waals surface area contributed by atoms with Crippen molar-refractivity contribution in [2.24, 2.45) is 16.8 Å². The van der Waals surface area contributed by atoms with Crippen LogP contribution < -0.4 is 11.1 Å². The van der Waals surface area contributed by atoms with Crippen LogP contribution in [0.3, 0.4) is 0 Å². The van der Waals surface area contributed by atoms with Gasteiger partial charge in [0.2, 0.25) is 0 Å². The van der Waals surface area contributed by atoms with Crippen LogP contribution in [-0.4, -0.2) is 18.3 Å². The number of anilines is 1. The maximum Gasteiger partial charge on any atom is 0.265 e. The average molecular weight is 312 g/mol. The molecule has 5 nitrogen and oxygen atoms in total. The van der Waals surface area contributed by atoms with Gasteiger partial charge in [-0.05, 0) is 37.0 Å². The van der Waals surface area contributed by atoms with E-state index in [1.807, 2.05) is 13.0 Å². The zero-order valence-electron chi connectivity index (χ0n) is 12.6. The summed E-state index contributed by atoms with van der Waals surface area (Å²) in [7, 11) is 0. The molecular formula is C15H22ClN3O2. The summed E-state index contributed by atoms with van der Waals surface area (Å²) in [6.45, 7) is 5.93. The number of amides is 1. The summed E-state index contributed by atoms with van der Waals surface area (Å²) in [5, 5.41) is 6.86. The lowest BCUT2D eigenvalue weighted by molar-refractivity contribution is -0.120. The first-order valence-electron chi connectivity index (χ1n) is 6.88. The molecule has 0 atom stereocenters. The van der Waals surface area contributed by atoms with E-state index in [1.165, 1.54) is 0 Å². The van der Waals surface area contributed by atoms with E-state index in [0.717, 1.165) is 12.0 Å². The lowest BCUT2D eigenvalue weighted by Gasteiger charge is -2.07. The number of amidine groups is 1. The van der Waals surface area contributed by atoms with Crippen molar-refractivity contribution < 1.29 is 9.63 Å². The van der Waals surface area contributed by atoms with E-state index >= 15 is 0 Å². The average Bonchev–Trinajstić information content (AvgIpc) is 2.39. The lowest BCUT2D eigenvalue weighted by Crippen LogP contribution is -2.19. The number of aryl methyl sites for hydroxylation is 1. The van der Waals surface area contributed by atoms with Crippen molar-refractivity contribution in [3.63, 3.8) is 0 Å². The van der Waals surface area contributed by atoms with Crippen LogP contribution in [0.4, 0.5) is 5.69 Å². The van der Waals surface area contributed by atoms with Gasteiger partial charge < -0.3 is 15.9 Å². The fraction of sp³-hybridized carbons (Fsp3) is 0.467. The third-order valence-electron chi connectivity index (χ3n) is 2.75. The van der Waals surface area contributed by atoms with E-state index in [1.54, 1.807) is 12.1 Å². The maximum absolute atomic E-state index is 11.7. The number of nitrogens with one attached hydrogen (secondary N) is 1. The number of nitrogens with two attached hydrogens (primary N) is 1. The number of halogens is 1. The Kier molecular flexibility index (Phi) is 7.02. The first-order chi connectivity index (χ1) is 9.88. The molecule has 0 saturated heterocycles. The summed E-state index contributed by atoms with van der Waals surface area (Å²) in [6.07, 6.45) is 1.59. The molecular weight excluding hydrogens is 290 g/mol. The molecule has 0 heterocycles. The number of carbonyl (C=O) groups excluding carboxylic acids is 1. The Morgan fingerprint density at radius 1 is 1.48 bits per heavy atom. The molecule has 0 aromatic heterocycles. The Morgan fingerprint density at radius 2 is 2.19 bits per heavy atom. The molecule has 21 heavy (non-hydrogen) atoms. The molecule has 0 aliphatic rings. The summed E-state index contributed by atoms with van der Waals surface area (Å²) in [5.74, 6) is 0.608. The van der Waals surface area contributed by atoms with Crippen LogP contribution in [0.25, 0.3) is 0 Å². The monoisotopic (exact) mass is 311 g/mol. The zero-order chi connectivity index (χ0) is 15.8. The third-order valence-corrected chi connectivity index (χ3v) is 3.07. The highest BCUT2D eigenvalue weighted by atomic mass is 35.5. The number of carbonyl (C=O) groups is 1. The minimum absolute atomic E-state index is 0.202. The first kappa shape index (κ1) is 17.3. The van der Waals surface area contributed by atoms with Gasteiger partial charge in [-0.1, -0.05) is 36.7 Å². The molecule has 0 radical (unpaired) electrons. The fourth-order valence-corrected chi connectivity index (χ4v) is 1.85. The van der Waals surface area contributed by atoms with Crippen LogP contribution in [0.15, 0.2) is 23.4 Å². The van der Waals surface area contributed by atoms with E-state index in [-0.39, 0.29) is 12.5 Å². The Balaban J connectivity index is 2.39.